The van der Waals surface area contributed by atoms with Gasteiger partial charge in [-0.25, -0.2) is 4.98 Å². The smallest absolute Gasteiger partial charge is 0.234 e. The Labute approximate surface area is 126 Å². The number of hydrogen-bond donors (Lipinski definition) is 2. The lowest BCUT2D eigenvalue weighted by Gasteiger charge is -2.11. The Morgan fingerprint density at radius 2 is 2.00 bits per heavy atom. The predicted octanol–water partition coefficient (Wildman–Crippen LogP) is 3.38. The number of anilines is 2. The summed E-state index contributed by atoms with van der Waals surface area (Å²) in [4.78, 5) is 16.2. The Hall–Kier alpha value is -1.53. The van der Waals surface area contributed by atoms with Gasteiger partial charge in [0.15, 0.2) is 5.13 Å². The summed E-state index contributed by atoms with van der Waals surface area (Å²) >= 11 is 2.89. The predicted molar refractivity (Wildman–Crippen MR) is 86.5 cm³/mol. The van der Waals surface area contributed by atoms with Crippen LogP contribution in [0.5, 0.6) is 0 Å². The number of nitrogen functional groups attached to an aromatic ring is 1. The van der Waals surface area contributed by atoms with E-state index in [1.807, 2.05) is 39.0 Å². The van der Waals surface area contributed by atoms with Crippen LogP contribution in [0.2, 0.25) is 0 Å². The van der Waals surface area contributed by atoms with Crippen molar-refractivity contribution in [3.63, 3.8) is 0 Å². The van der Waals surface area contributed by atoms with Gasteiger partial charge in [-0.3, -0.25) is 4.79 Å². The van der Waals surface area contributed by atoms with Crippen LogP contribution in [0.3, 0.4) is 0 Å². The Bertz CT molecular complexity index is 617. The van der Waals surface area contributed by atoms with Crippen LogP contribution in [-0.4, -0.2) is 16.6 Å². The summed E-state index contributed by atoms with van der Waals surface area (Å²) < 4.78 is 0.999. The van der Waals surface area contributed by atoms with E-state index in [1.54, 1.807) is 0 Å². The van der Waals surface area contributed by atoms with Gasteiger partial charge in [0.25, 0.3) is 0 Å². The molecule has 0 radical (unpaired) electrons. The van der Waals surface area contributed by atoms with Crippen LogP contribution in [0.4, 0.5) is 10.8 Å². The van der Waals surface area contributed by atoms with Gasteiger partial charge >= 0.3 is 0 Å². The number of nitrogens with one attached hydrogen (secondary N) is 1. The molecule has 106 valence electrons. The molecule has 0 spiro atoms. The molecule has 1 amide bonds. The number of thiazole rings is 1. The third kappa shape index (κ3) is 3.52. The number of thioether (sulfide) groups is 1. The zero-order chi connectivity index (χ0) is 14.7. The van der Waals surface area contributed by atoms with E-state index in [4.69, 9.17) is 5.73 Å². The number of aromatic nitrogens is 1. The Balaban J connectivity index is 1.98. The second-order valence-electron chi connectivity index (χ2n) is 4.53. The summed E-state index contributed by atoms with van der Waals surface area (Å²) in [5.74, 6) is 0.342. The normalized spacial score (nSPS) is 10.6. The summed E-state index contributed by atoms with van der Waals surface area (Å²) in [5.41, 5.74) is 9.57. The summed E-state index contributed by atoms with van der Waals surface area (Å²) in [6, 6.07) is 5.96. The monoisotopic (exact) mass is 307 g/mol. The first-order valence-corrected chi connectivity index (χ1v) is 7.99. The molecule has 0 saturated carbocycles. The van der Waals surface area contributed by atoms with Crippen molar-refractivity contribution in [1.29, 1.82) is 0 Å². The van der Waals surface area contributed by atoms with Crippen molar-refractivity contribution in [2.75, 3.05) is 16.8 Å². The summed E-state index contributed by atoms with van der Waals surface area (Å²) in [6.07, 6.45) is 0. The maximum Gasteiger partial charge on any atom is 0.234 e. The molecule has 0 aliphatic heterocycles. The van der Waals surface area contributed by atoms with Crippen molar-refractivity contribution in [2.45, 2.75) is 25.0 Å². The molecule has 6 heteroatoms. The van der Waals surface area contributed by atoms with Crippen LogP contribution in [0.1, 0.15) is 16.8 Å². The average molecular weight is 307 g/mol. The third-order valence-corrected chi connectivity index (χ3v) is 5.20. The highest BCUT2D eigenvalue weighted by atomic mass is 32.2. The lowest BCUT2D eigenvalue weighted by Crippen LogP contribution is -2.15. The van der Waals surface area contributed by atoms with E-state index in [9.17, 15) is 4.79 Å². The third-order valence-electron chi connectivity index (χ3n) is 2.85. The van der Waals surface area contributed by atoms with Gasteiger partial charge in [0.2, 0.25) is 5.91 Å². The molecule has 3 N–H and O–H groups in total. The quantitative estimate of drug-likeness (QED) is 0.850. The van der Waals surface area contributed by atoms with Crippen molar-refractivity contribution in [1.82, 2.24) is 4.98 Å². The number of rotatable bonds is 4. The number of benzene rings is 1. The van der Waals surface area contributed by atoms with Crippen molar-refractivity contribution in [3.8, 4) is 0 Å². The van der Waals surface area contributed by atoms with E-state index in [2.05, 4.69) is 10.3 Å². The maximum absolute atomic E-state index is 12.0. The molecule has 0 fully saturated rings. The van der Waals surface area contributed by atoms with Gasteiger partial charge in [-0.1, -0.05) is 29.5 Å². The molecule has 1 aromatic carbocycles. The zero-order valence-corrected chi connectivity index (χ0v) is 13.3. The van der Waals surface area contributed by atoms with Gasteiger partial charge in [-0.05, 0) is 31.9 Å². The highest BCUT2D eigenvalue weighted by molar-refractivity contribution is 8.01. The Morgan fingerprint density at radius 3 is 2.55 bits per heavy atom. The summed E-state index contributed by atoms with van der Waals surface area (Å²) in [6.45, 7) is 5.88. The van der Waals surface area contributed by atoms with Crippen LogP contribution in [-0.2, 0) is 4.79 Å². The first kappa shape index (κ1) is 14.9. The Kier molecular flexibility index (Phi) is 4.67. The zero-order valence-electron chi connectivity index (χ0n) is 11.7. The molecule has 2 aromatic rings. The summed E-state index contributed by atoms with van der Waals surface area (Å²) in [7, 11) is 0. The molecule has 0 aliphatic rings. The van der Waals surface area contributed by atoms with Gasteiger partial charge in [-0.2, -0.15) is 0 Å². The second kappa shape index (κ2) is 6.28. The molecule has 20 heavy (non-hydrogen) atoms. The van der Waals surface area contributed by atoms with Gasteiger partial charge in [0.05, 0.1) is 15.7 Å². The number of carbonyl (C=O) groups excluding carboxylic acids is 1. The second-order valence-corrected chi connectivity index (χ2v) is 6.80. The summed E-state index contributed by atoms with van der Waals surface area (Å²) in [5, 5.41) is 3.51. The molecule has 1 heterocycles. The van der Waals surface area contributed by atoms with E-state index in [0.717, 1.165) is 26.7 Å². The first-order valence-electron chi connectivity index (χ1n) is 6.19. The fraction of sp³-hybridized carbons (Fsp3) is 0.286. The minimum absolute atomic E-state index is 0.0150. The fourth-order valence-electron chi connectivity index (χ4n) is 1.85. The van der Waals surface area contributed by atoms with Gasteiger partial charge < -0.3 is 11.1 Å². The van der Waals surface area contributed by atoms with Crippen LogP contribution in [0.15, 0.2) is 22.4 Å². The van der Waals surface area contributed by atoms with Crippen molar-refractivity contribution in [3.05, 3.63) is 35.0 Å². The van der Waals surface area contributed by atoms with Crippen molar-refractivity contribution < 1.29 is 4.79 Å². The van der Waals surface area contributed by atoms with Crippen LogP contribution in [0.25, 0.3) is 0 Å². The molecular formula is C14H17N3OS2. The standard InChI is InChI=1S/C14H17N3OS2/c1-8-5-4-6-9(2)12(8)17-11(18)7-19-13-10(3)16-14(15)20-13/h4-6H,7H2,1-3H3,(H2,15,16)(H,17,18). The van der Waals surface area contributed by atoms with Crippen LogP contribution >= 0.6 is 23.1 Å². The maximum atomic E-state index is 12.0. The molecule has 0 unspecified atom stereocenters. The highest BCUT2D eigenvalue weighted by Crippen LogP contribution is 2.30. The fourth-order valence-corrected chi connectivity index (χ4v) is 3.68. The SMILES string of the molecule is Cc1cccc(C)c1NC(=O)CSc1sc(N)nc1C. The van der Waals surface area contributed by atoms with E-state index < -0.39 is 0 Å². The van der Waals surface area contributed by atoms with Crippen LogP contribution in [0, 0.1) is 20.8 Å². The van der Waals surface area contributed by atoms with E-state index in [0.29, 0.717) is 10.9 Å². The van der Waals surface area contributed by atoms with Crippen molar-refractivity contribution >= 4 is 39.8 Å². The lowest BCUT2D eigenvalue weighted by molar-refractivity contribution is -0.113. The van der Waals surface area contributed by atoms with E-state index in [-0.39, 0.29) is 5.91 Å². The molecule has 2 rings (SSSR count). The minimum Gasteiger partial charge on any atom is -0.375 e. The topological polar surface area (TPSA) is 68.0 Å². The van der Waals surface area contributed by atoms with Crippen molar-refractivity contribution in [2.24, 2.45) is 0 Å². The molecule has 0 atom stereocenters. The Morgan fingerprint density at radius 1 is 1.35 bits per heavy atom. The number of aryl methyl sites for hydroxylation is 3. The number of nitrogens with two attached hydrogens (primary N) is 1. The first-order chi connectivity index (χ1) is 9.47. The minimum atomic E-state index is -0.0150. The average Bonchev–Trinajstić information content (AvgIpc) is 2.70. The van der Waals surface area contributed by atoms with E-state index in [1.165, 1.54) is 23.1 Å². The number of carbonyl (C=O) groups is 1. The molecule has 1 aromatic heterocycles. The number of hydrogen-bond acceptors (Lipinski definition) is 5. The largest absolute Gasteiger partial charge is 0.375 e. The van der Waals surface area contributed by atoms with Gasteiger partial charge in [0.1, 0.15) is 0 Å². The van der Waals surface area contributed by atoms with Gasteiger partial charge in [-0.15, -0.1) is 11.8 Å². The molecule has 0 saturated heterocycles. The molecule has 4 nitrogen and oxygen atoms in total. The van der Waals surface area contributed by atoms with E-state index >= 15 is 0 Å². The van der Waals surface area contributed by atoms with Gasteiger partial charge in [0, 0.05) is 5.69 Å². The lowest BCUT2D eigenvalue weighted by atomic mass is 10.1. The highest BCUT2D eigenvalue weighted by Gasteiger charge is 2.11. The van der Waals surface area contributed by atoms with Crippen LogP contribution < -0.4 is 11.1 Å². The molecule has 0 aliphatic carbocycles. The number of para-hydroxylation sites is 1. The molecular weight excluding hydrogens is 290 g/mol. The number of amides is 1. The number of nitrogens with zero attached hydrogens (tertiary/aromatic N) is 1. The molecule has 0 bridgehead atoms.